The minimum atomic E-state index is -5.76. The van der Waals surface area contributed by atoms with Gasteiger partial charge in [0.1, 0.15) is 21.9 Å². The molecule has 11 nitrogen and oxygen atoms in total. The first-order valence-corrected chi connectivity index (χ1v) is 17.6. The Hall–Kier alpha value is -2.45. The van der Waals surface area contributed by atoms with E-state index in [2.05, 4.69) is 5.32 Å². The molecule has 3 atom stereocenters. The van der Waals surface area contributed by atoms with Crippen molar-refractivity contribution in [3.8, 4) is 0 Å². The number of halogens is 2. The van der Waals surface area contributed by atoms with E-state index < -0.39 is 46.7 Å². The Labute approximate surface area is 239 Å². The van der Waals surface area contributed by atoms with Crippen LogP contribution in [0.1, 0.15) is 47.3 Å². The first kappa shape index (κ1) is 30.0. The normalized spacial score (nSPS) is 24.2. The van der Waals surface area contributed by atoms with Crippen LogP contribution in [0.5, 0.6) is 0 Å². The first-order valence-electron chi connectivity index (χ1n) is 13.1. The Bertz CT molecular complexity index is 1550. The number of carbonyl (C=O) groups is 3. The molecule has 3 saturated heterocycles. The van der Waals surface area contributed by atoms with Crippen molar-refractivity contribution in [1.82, 2.24) is 15.1 Å². The molecular formula is C25H30F2N3O8PS2. The number of thiophene rings is 1. The van der Waals surface area contributed by atoms with Gasteiger partial charge in [-0.3, -0.25) is 18.9 Å². The monoisotopic (exact) mass is 633 g/mol. The molecule has 2 aromatic rings. The van der Waals surface area contributed by atoms with Gasteiger partial charge in [-0.25, -0.2) is 8.42 Å². The van der Waals surface area contributed by atoms with Crippen molar-refractivity contribution in [1.29, 1.82) is 0 Å². The van der Waals surface area contributed by atoms with Gasteiger partial charge in [0, 0.05) is 41.6 Å². The second-order valence-electron chi connectivity index (χ2n) is 11.1. The van der Waals surface area contributed by atoms with E-state index in [1.165, 1.54) is 12.1 Å². The summed E-state index contributed by atoms with van der Waals surface area (Å²) in [6.07, 6.45) is 3.99. The van der Waals surface area contributed by atoms with Crippen LogP contribution >= 0.6 is 18.9 Å². The van der Waals surface area contributed by atoms with Gasteiger partial charge >= 0.3 is 13.3 Å². The van der Waals surface area contributed by atoms with E-state index in [0.29, 0.717) is 49.9 Å². The molecule has 3 amide bonds. The molecule has 41 heavy (non-hydrogen) atoms. The summed E-state index contributed by atoms with van der Waals surface area (Å²) < 4.78 is 63.1. The van der Waals surface area contributed by atoms with E-state index in [1.54, 1.807) is 9.80 Å². The van der Waals surface area contributed by atoms with Gasteiger partial charge < -0.3 is 24.9 Å². The fraction of sp³-hybridized carbons (Fsp3) is 0.560. The van der Waals surface area contributed by atoms with Crippen LogP contribution in [0.3, 0.4) is 0 Å². The Morgan fingerprint density at radius 1 is 1.15 bits per heavy atom. The van der Waals surface area contributed by atoms with Gasteiger partial charge in [0.25, 0.3) is 5.91 Å². The summed E-state index contributed by atoms with van der Waals surface area (Å²) in [5, 5.41) is 2.93. The zero-order valence-electron chi connectivity index (χ0n) is 22.0. The zero-order valence-corrected chi connectivity index (χ0v) is 24.6. The van der Waals surface area contributed by atoms with Crippen LogP contribution in [-0.2, 0) is 29.7 Å². The second-order valence-corrected chi connectivity index (χ2v) is 16.0. The van der Waals surface area contributed by atoms with E-state index in [0.717, 1.165) is 29.7 Å². The number of fused-ring (bicyclic) bond motifs is 2. The van der Waals surface area contributed by atoms with Crippen molar-refractivity contribution in [2.75, 3.05) is 25.1 Å². The average molecular weight is 634 g/mol. The van der Waals surface area contributed by atoms with Gasteiger partial charge in [0.05, 0.1) is 10.6 Å². The van der Waals surface area contributed by atoms with E-state index in [1.807, 2.05) is 0 Å². The number of hydrogen-bond donors (Lipinski definition) is 3. The maximum atomic E-state index is 14.2. The highest BCUT2D eigenvalue weighted by atomic mass is 32.2. The number of rotatable bonds is 7. The maximum Gasteiger partial charge on any atom is 0.399 e. The Kier molecular flexibility index (Phi) is 7.82. The summed E-state index contributed by atoms with van der Waals surface area (Å²) >= 11 is 0.991. The molecule has 1 aromatic carbocycles. The van der Waals surface area contributed by atoms with E-state index >= 15 is 0 Å². The molecule has 224 valence electrons. The summed E-state index contributed by atoms with van der Waals surface area (Å²) in [6.45, 7) is 0.645. The highest BCUT2D eigenvalue weighted by molar-refractivity contribution is 7.90. The number of alkyl halides is 2. The molecule has 0 bridgehead atoms. The number of carbonyl (C=O) groups excluding carboxylic acids is 3. The van der Waals surface area contributed by atoms with E-state index in [4.69, 9.17) is 9.79 Å². The minimum absolute atomic E-state index is 0.00592. The molecule has 16 heteroatoms. The van der Waals surface area contributed by atoms with Gasteiger partial charge in [-0.05, 0) is 55.7 Å². The predicted octanol–water partition coefficient (Wildman–Crippen LogP) is 2.27. The molecule has 3 N–H and O–H groups in total. The smallest absolute Gasteiger partial charge is 0.340 e. The van der Waals surface area contributed by atoms with Crippen molar-refractivity contribution < 1.29 is 45.9 Å². The molecule has 5 rings (SSSR count). The summed E-state index contributed by atoms with van der Waals surface area (Å²) in [7, 11) is -8.91. The summed E-state index contributed by atoms with van der Waals surface area (Å²) in [5.74, 6) is -1.30. The third-order valence-corrected chi connectivity index (χ3v) is 11.1. The highest BCUT2D eigenvalue weighted by Crippen LogP contribution is 2.59. The first-order chi connectivity index (χ1) is 19.0. The van der Waals surface area contributed by atoms with Crippen LogP contribution in [0.4, 0.5) is 8.78 Å². The minimum Gasteiger partial charge on any atom is -0.340 e. The number of nitrogens with one attached hydrogen (secondary N) is 1. The molecule has 3 fully saturated rings. The predicted molar refractivity (Wildman–Crippen MR) is 146 cm³/mol. The molecule has 1 aromatic heterocycles. The second kappa shape index (κ2) is 10.7. The van der Waals surface area contributed by atoms with Crippen LogP contribution in [0, 0.1) is 5.92 Å². The molecule has 0 aliphatic carbocycles. The Morgan fingerprint density at radius 3 is 2.51 bits per heavy atom. The lowest BCUT2D eigenvalue weighted by molar-refractivity contribution is -0.149. The van der Waals surface area contributed by atoms with Crippen LogP contribution in [0.2, 0.25) is 0 Å². The van der Waals surface area contributed by atoms with Crippen molar-refractivity contribution >= 4 is 56.6 Å². The van der Waals surface area contributed by atoms with Crippen molar-refractivity contribution in [2.24, 2.45) is 5.92 Å². The molecule has 3 aliphatic heterocycles. The zero-order chi connectivity index (χ0) is 29.9. The van der Waals surface area contributed by atoms with Crippen LogP contribution in [0.15, 0.2) is 24.3 Å². The lowest BCUT2D eigenvalue weighted by atomic mass is 10.00. The van der Waals surface area contributed by atoms with Crippen LogP contribution in [-0.4, -0.2) is 88.9 Å². The lowest BCUT2D eigenvalue weighted by Crippen LogP contribution is -2.60. The van der Waals surface area contributed by atoms with Crippen molar-refractivity contribution in [2.45, 2.75) is 55.9 Å². The van der Waals surface area contributed by atoms with Crippen molar-refractivity contribution in [3.05, 3.63) is 34.7 Å². The highest BCUT2D eigenvalue weighted by Gasteiger charge is 2.50. The van der Waals surface area contributed by atoms with Gasteiger partial charge in [-0.2, -0.15) is 8.78 Å². The fourth-order valence-corrected chi connectivity index (χ4v) is 8.46. The quantitative estimate of drug-likeness (QED) is 0.392. The topological polar surface area (TPSA) is 161 Å². The number of benzene rings is 1. The molecular weight excluding hydrogens is 603 g/mol. The molecule has 0 unspecified atom stereocenters. The van der Waals surface area contributed by atoms with Gasteiger partial charge in [0.15, 0.2) is 0 Å². The van der Waals surface area contributed by atoms with Crippen LogP contribution < -0.4 is 5.32 Å². The standard InChI is InChI=1S/C25H30F2N3O8PS2/c1-41(37,38)13-14-11-29(12-14)24(33)19-7-6-17-3-2-4-18(23(32)30(17)19)28-22(31)21-10-15-9-16(5-8-20(15)40-21)25(26,27)39(34,35)36/h5,8-10,14,17-19H,2-4,6-7,11-13H2,1H3,(H,28,31)(H2,34,35,36)/t17-,18-,19-/m0/s1. The number of hydrogen-bond acceptors (Lipinski definition) is 7. The maximum absolute atomic E-state index is 14.2. The van der Waals surface area contributed by atoms with Crippen molar-refractivity contribution in [3.63, 3.8) is 0 Å². The summed E-state index contributed by atoms with van der Waals surface area (Å²) in [5.41, 5.74) is -5.26. The average Bonchev–Trinajstić information content (AvgIpc) is 3.43. The number of likely N-dealkylation sites (tertiary alicyclic amines) is 1. The SMILES string of the molecule is CS(=O)(=O)CC1CN(C(=O)[C@@H]2CC[C@@H]3CCC[C@H](NC(=O)c4cc5cc(C(F)(F)P(=O)(O)O)ccc5s4)C(=O)N32)C1. The molecule has 4 heterocycles. The number of sulfone groups is 1. The van der Waals surface area contributed by atoms with E-state index in [9.17, 15) is 36.1 Å². The number of amides is 3. The van der Waals surface area contributed by atoms with E-state index in [-0.39, 0.29) is 39.8 Å². The molecule has 3 aliphatic rings. The van der Waals surface area contributed by atoms with Gasteiger partial charge in [-0.15, -0.1) is 11.3 Å². The molecule has 0 saturated carbocycles. The number of nitrogens with zero attached hydrogens (tertiary/aromatic N) is 2. The van der Waals surface area contributed by atoms with Gasteiger partial charge in [-0.1, -0.05) is 6.07 Å². The Morgan fingerprint density at radius 2 is 1.85 bits per heavy atom. The Balaban J connectivity index is 1.28. The molecule has 0 spiro atoms. The third kappa shape index (κ3) is 5.92. The molecule has 0 radical (unpaired) electrons. The lowest BCUT2D eigenvalue weighted by Gasteiger charge is -2.42. The summed E-state index contributed by atoms with van der Waals surface area (Å²) in [4.78, 5) is 61.4. The summed E-state index contributed by atoms with van der Waals surface area (Å²) in [6, 6.07) is 2.72. The largest absolute Gasteiger partial charge is 0.399 e. The van der Waals surface area contributed by atoms with Gasteiger partial charge in [0.2, 0.25) is 11.8 Å². The van der Waals surface area contributed by atoms with Crippen LogP contribution in [0.25, 0.3) is 10.1 Å². The fourth-order valence-electron chi connectivity index (χ4n) is 5.97. The third-order valence-electron chi connectivity index (χ3n) is 7.94.